The summed E-state index contributed by atoms with van der Waals surface area (Å²) in [4.78, 5) is 62.6. The lowest BCUT2D eigenvalue weighted by Gasteiger charge is -2.34. The molecule has 7 atom stereocenters. The van der Waals surface area contributed by atoms with E-state index in [4.69, 9.17) is 18.9 Å². The number of nitrogens with one attached hydrogen (secondary N) is 3. The minimum Gasteiger partial charge on any atom is -0.486 e. The standard InChI is InChI=1S/C41H53F2N5O10S/c1-6-24-19-23(2)9-7-8-10-25-21-41(25,37(51)47-59(53,54)40(5)14-15-40)46-33(49)29-20-26(22-48(29)35(50)31(24)45-38(52)58-39(3,4)36(42)43)57-34-28-11-12-30-32(56-18-17-55-30)27(28)13-16-44-34/h8,10-13,16,23-26,29,31,36H,6-7,9,14-15,17-22H2,1-5H3,(H,45,52)(H,46,49)(H,47,51)/t23-,24+,25+,26+,29-,31-,41+/m0/s1. The number of halogens is 2. The number of fused-ring (bicyclic) bond motifs is 5. The Morgan fingerprint density at radius 3 is 2.58 bits per heavy atom. The molecular formula is C41H53F2N5O10S. The van der Waals surface area contributed by atoms with Crippen LogP contribution >= 0.6 is 0 Å². The molecule has 7 rings (SSSR count). The highest BCUT2D eigenvalue weighted by Gasteiger charge is 2.63. The average molecular weight is 846 g/mol. The summed E-state index contributed by atoms with van der Waals surface area (Å²) in [5.74, 6) is -1.95. The quantitative estimate of drug-likeness (QED) is 0.295. The molecule has 18 heteroatoms. The zero-order chi connectivity index (χ0) is 42.5. The molecule has 0 spiro atoms. The van der Waals surface area contributed by atoms with Crippen LogP contribution in [0.1, 0.15) is 86.0 Å². The minimum atomic E-state index is -4.06. The second-order valence-electron chi connectivity index (χ2n) is 17.4. The molecular weight excluding hydrogens is 793 g/mol. The van der Waals surface area contributed by atoms with Gasteiger partial charge >= 0.3 is 6.09 Å². The summed E-state index contributed by atoms with van der Waals surface area (Å²) in [5, 5.41) is 6.71. The Morgan fingerprint density at radius 1 is 1.12 bits per heavy atom. The maximum absolute atomic E-state index is 15.0. The van der Waals surface area contributed by atoms with E-state index in [9.17, 15) is 36.4 Å². The third-order valence-electron chi connectivity index (χ3n) is 12.4. The largest absolute Gasteiger partial charge is 0.486 e. The van der Waals surface area contributed by atoms with Crippen molar-refractivity contribution in [2.45, 2.75) is 126 Å². The van der Waals surface area contributed by atoms with Crippen molar-refractivity contribution in [1.29, 1.82) is 0 Å². The minimum absolute atomic E-state index is 0.0276. The van der Waals surface area contributed by atoms with Crippen LogP contribution in [0.3, 0.4) is 0 Å². The first-order chi connectivity index (χ1) is 27.9. The molecule has 15 nitrogen and oxygen atoms in total. The number of pyridine rings is 1. The molecule has 2 aromatic rings. The molecule has 1 aromatic carbocycles. The first kappa shape index (κ1) is 42.4. The SMILES string of the molecule is CC[C@@H]1C[C@@H](C)CCC=C[C@@H]2C[C@@]2(C(=O)NS(=O)(=O)C2(C)CC2)NC(=O)[C@@H]2C[C@@H](Oc3nccc4c5c(ccc34)OCCO5)CN2C(=O)[C@H]1NC(=O)OC(C)(C)C(F)F. The number of carbonyl (C=O) groups is 4. The van der Waals surface area contributed by atoms with Crippen molar-refractivity contribution in [3.05, 3.63) is 36.5 Å². The van der Waals surface area contributed by atoms with E-state index in [0.717, 1.165) is 13.8 Å². The normalized spacial score (nSPS) is 29.3. The molecule has 0 unspecified atom stereocenters. The van der Waals surface area contributed by atoms with Gasteiger partial charge in [0.15, 0.2) is 17.1 Å². The lowest BCUT2D eigenvalue weighted by molar-refractivity contribution is -0.142. The Labute approximate surface area is 342 Å². The summed E-state index contributed by atoms with van der Waals surface area (Å²) >= 11 is 0. The fourth-order valence-corrected chi connectivity index (χ4v) is 9.56. The van der Waals surface area contributed by atoms with Gasteiger partial charge < -0.3 is 34.5 Å². The monoisotopic (exact) mass is 845 g/mol. The van der Waals surface area contributed by atoms with Crippen molar-refractivity contribution < 1.29 is 55.3 Å². The number of carbonyl (C=O) groups excluding carboxylic acids is 4. The summed E-state index contributed by atoms with van der Waals surface area (Å²) in [6.07, 6.45) is 3.19. The van der Waals surface area contributed by atoms with Crippen LogP contribution in [-0.4, -0.2) is 102 Å². The predicted molar refractivity (Wildman–Crippen MR) is 210 cm³/mol. The van der Waals surface area contributed by atoms with Gasteiger partial charge in [-0.25, -0.2) is 27.0 Å². The molecule has 1 saturated heterocycles. The van der Waals surface area contributed by atoms with Gasteiger partial charge in [-0.1, -0.05) is 32.4 Å². The van der Waals surface area contributed by atoms with E-state index in [0.29, 0.717) is 74.0 Å². The van der Waals surface area contributed by atoms with Gasteiger partial charge in [0, 0.05) is 29.3 Å². The Balaban J connectivity index is 1.24. The average Bonchev–Trinajstić information content (AvgIpc) is 4.07. The van der Waals surface area contributed by atoms with Gasteiger partial charge in [-0.15, -0.1) is 0 Å². The molecule has 0 radical (unpaired) electrons. The molecule has 59 heavy (non-hydrogen) atoms. The van der Waals surface area contributed by atoms with E-state index in [2.05, 4.69) is 20.3 Å². The maximum Gasteiger partial charge on any atom is 0.408 e. The Kier molecular flexibility index (Phi) is 11.5. The molecule has 2 aliphatic carbocycles. The van der Waals surface area contributed by atoms with Crippen LogP contribution in [0.25, 0.3) is 10.8 Å². The number of allylic oxidation sites excluding steroid dienone is 1. The number of rotatable bonds is 9. The first-order valence-electron chi connectivity index (χ1n) is 20.4. The summed E-state index contributed by atoms with van der Waals surface area (Å²) in [7, 11) is -4.06. The van der Waals surface area contributed by atoms with Gasteiger partial charge in [-0.05, 0) is 89.3 Å². The van der Waals surface area contributed by atoms with E-state index in [1.165, 1.54) is 4.90 Å². The van der Waals surface area contributed by atoms with Crippen molar-refractivity contribution in [3.63, 3.8) is 0 Å². The van der Waals surface area contributed by atoms with Crippen LogP contribution in [0.4, 0.5) is 13.6 Å². The Morgan fingerprint density at radius 2 is 1.86 bits per heavy atom. The number of aromatic nitrogens is 1. The van der Waals surface area contributed by atoms with Gasteiger partial charge in [0.2, 0.25) is 27.7 Å². The van der Waals surface area contributed by atoms with Crippen molar-refractivity contribution in [1.82, 2.24) is 25.2 Å². The number of hydrogen-bond acceptors (Lipinski definition) is 11. The summed E-state index contributed by atoms with van der Waals surface area (Å²) in [6.45, 7) is 8.14. The molecule has 3 fully saturated rings. The molecule has 5 aliphatic rings. The van der Waals surface area contributed by atoms with Crippen LogP contribution in [-0.2, 0) is 29.1 Å². The van der Waals surface area contributed by atoms with Gasteiger partial charge in [0.05, 0.1) is 11.3 Å². The number of hydrogen-bond donors (Lipinski definition) is 3. The number of alkyl halides is 2. The van der Waals surface area contributed by atoms with Crippen LogP contribution in [0, 0.1) is 17.8 Å². The molecule has 4 heterocycles. The molecule has 1 aromatic heterocycles. The Bertz CT molecular complexity index is 2130. The number of alkyl carbamates (subject to hydrolysis) is 1. The van der Waals surface area contributed by atoms with Crippen LogP contribution in [0.5, 0.6) is 17.4 Å². The summed E-state index contributed by atoms with van der Waals surface area (Å²) < 4.78 is 78.5. The number of benzene rings is 1. The Hall–Kier alpha value is -4.74. The zero-order valence-corrected chi connectivity index (χ0v) is 34.7. The van der Waals surface area contributed by atoms with Gasteiger partial charge in [0.25, 0.3) is 12.3 Å². The molecule has 3 N–H and O–H groups in total. The highest BCUT2D eigenvalue weighted by molar-refractivity contribution is 7.91. The highest BCUT2D eigenvalue weighted by Crippen LogP contribution is 2.48. The number of sulfonamides is 1. The number of amides is 4. The number of ether oxygens (including phenoxy) is 4. The summed E-state index contributed by atoms with van der Waals surface area (Å²) in [6, 6.07) is 2.71. The third kappa shape index (κ3) is 8.51. The smallest absolute Gasteiger partial charge is 0.408 e. The van der Waals surface area contributed by atoms with Crippen LogP contribution in [0.2, 0.25) is 0 Å². The fraction of sp³-hybridized carbons (Fsp3) is 0.634. The van der Waals surface area contributed by atoms with Crippen LogP contribution in [0.15, 0.2) is 36.5 Å². The lowest BCUT2D eigenvalue weighted by atomic mass is 9.85. The topological polar surface area (TPSA) is 192 Å². The highest BCUT2D eigenvalue weighted by atomic mass is 32.2. The van der Waals surface area contributed by atoms with Crippen molar-refractivity contribution >= 4 is 44.6 Å². The second kappa shape index (κ2) is 16.0. The maximum atomic E-state index is 15.0. The van der Waals surface area contributed by atoms with Crippen LogP contribution < -0.4 is 29.6 Å². The van der Waals surface area contributed by atoms with Crippen molar-refractivity contribution in [2.24, 2.45) is 17.8 Å². The summed E-state index contributed by atoms with van der Waals surface area (Å²) in [5.41, 5.74) is -3.77. The third-order valence-corrected chi connectivity index (χ3v) is 14.6. The lowest BCUT2D eigenvalue weighted by Crippen LogP contribution is -2.59. The van der Waals surface area contributed by atoms with E-state index in [1.807, 2.05) is 26.0 Å². The van der Waals surface area contributed by atoms with Gasteiger partial charge in [-0.2, -0.15) is 0 Å². The molecule has 2 saturated carbocycles. The fourth-order valence-electron chi connectivity index (χ4n) is 8.25. The zero-order valence-electron chi connectivity index (χ0n) is 33.9. The molecule has 3 aliphatic heterocycles. The van der Waals surface area contributed by atoms with Crippen molar-refractivity contribution in [3.8, 4) is 17.4 Å². The molecule has 4 amide bonds. The van der Waals surface area contributed by atoms with Gasteiger partial charge in [-0.3, -0.25) is 19.1 Å². The van der Waals surface area contributed by atoms with E-state index < -0.39 is 86.2 Å². The number of nitrogens with zero attached hydrogens (tertiary/aromatic N) is 2. The molecule has 322 valence electrons. The van der Waals surface area contributed by atoms with Crippen molar-refractivity contribution in [2.75, 3.05) is 19.8 Å². The molecule has 0 bridgehead atoms. The predicted octanol–water partition coefficient (Wildman–Crippen LogP) is 4.77. The van der Waals surface area contributed by atoms with E-state index in [-0.39, 0.29) is 31.2 Å². The van der Waals surface area contributed by atoms with E-state index in [1.54, 1.807) is 31.3 Å². The van der Waals surface area contributed by atoms with Gasteiger partial charge in [0.1, 0.15) is 36.9 Å². The van der Waals surface area contributed by atoms with E-state index >= 15 is 0 Å². The first-order valence-corrected chi connectivity index (χ1v) is 21.8. The second-order valence-corrected chi connectivity index (χ2v) is 19.6.